The molecule has 0 fully saturated rings. The lowest BCUT2D eigenvalue weighted by molar-refractivity contribution is 0.411. The van der Waals surface area contributed by atoms with Gasteiger partial charge in [-0.05, 0) is 35.4 Å². The second kappa shape index (κ2) is 8.50. The van der Waals surface area contributed by atoms with Gasteiger partial charge in [0, 0.05) is 5.02 Å². The molecule has 0 saturated carbocycles. The fourth-order valence-corrected chi connectivity index (χ4v) is 4.01. The molecule has 3 aromatic carbocycles. The highest BCUT2D eigenvalue weighted by Crippen LogP contribution is 2.41. The zero-order chi connectivity index (χ0) is 19.3. The van der Waals surface area contributed by atoms with Crippen molar-refractivity contribution in [2.45, 2.75) is 10.5 Å². The number of halogens is 1. The van der Waals surface area contributed by atoms with Crippen LogP contribution in [-0.4, -0.2) is 17.3 Å². The van der Waals surface area contributed by atoms with Gasteiger partial charge in [-0.2, -0.15) is 0 Å². The monoisotopic (exact) mass is 408 g/mol. The van der Waals surface area contributed by atoms with Crippen molar-refractivity contribution in [1.82, 2.24) is 10.2 Å². The number of hydrogen-bond donors (Lipinski definition) is 0. The van der Waals surface area contributed by atoms with E-state index in [-0.39, 0.29) is 5.25 Å². The number of hydrogen-bond acceptors (Lipinski definition) is 5. The third-order valence-corrected chi connectivity index (χ3v) is 5.64. The van der Waals surface area contributed by atoms with Crippen LogP contribution in [0.4, 0.5) is 0 Å². The molecule has 1 aromatic heterocycles. The Morgan fingerprint density at radius 1 is 0.857 bits per heavy atom. The molecular weight excluding hydrogens is 392 g/mol. The predicted molar refractivity (Wildman–Crippen MR) is 112 cm³/mol. The molecule has 0 aliphatic heterocycles. The highest BCUT2D eigenvalue weighted by Gasteiger charge is 2.20. The Labute approximate surface area is 172 Å². The first kappa shape index (κ1) is 18.6. The SMILES string of the molecule is COc1ccccc1-c1nnc(SC(c2ccccc2)c2ccc(Cl)cc2)o1. The van der Waals surface area contributed by atoms with E-state index in [2.05, 4.69) is 22.3 Å². The van der Waals surface area contributed by atoms with Gasteiger partial charge in [-0.3, -0.25) is 0 Å². The highest BCUT2D eigenvalue weighted by molar-refractivity contribution is 7.99. The van der Waals surface area contributed by atoms with E-state index in [0.717, 1.165) is 16.7 Å². The Bertz CT molecular complexity index is 1050. The maximum absolute atomic E-state index is 6.06. The molecule has 4 rings (SSSR count). The van der Waals surface area contributed by atoms with E-state index in [1.807, 2.05) is 66.7 Å². The van der Waals surface area contributed by atoms with Crippen LogP contribution in [0.5, 0.6) is 5.75 Å². The number of para-hydroxylation sites is 1. The molecule has 140 valence electrons. The third kappa shape index (κ3) is 4.06. The summed E-state index contributed by atoms with van der Waals surface area (Å²) >= 11 is 7.57. The Morgan fingerprint density at radius 2 is 1.54 bits per heavy atom. The maximum Gasteiger partial charge on any atom is 0.277 e. The molecular formula is C22H17ClN2O2S. The van der Waals surface area contributed by atoms with Gasteiger partial charge in [-0.25, -0.2) is 0 Å². The maximum atomic E-state index is 6.06. The molecule has 0 N–H and O–H groups in total. The summed E-state index contributed by atoms with van der Waals surface area (Å²) in [6, 6.07) is 25.6. The summed E-state index contributed by atoms with van der Waals surface area (Å²) in [5.74, 6) is 1.13. The lowest BCUT2D eigenvalue weighted by Crippen LogP contribution is -1.96. The van der Waals surface area contributed by atoms with Crippen molar-refractivity contribution in [2.75, 3.05) is 7.11 Å². The van der Waals surface area contributed by atoms with E-state index >= 15 is 0 Å². The molecule has 28 heavy (non-hydrogen) atoms. The molecule has 0 bridgehead atoms. The van der Waals surface area contributed by atoms with Crippen LogP contribution in [0.3, 0.4) is 0 Å². The van der Waals surface area contributed by atoms with Crippen LogP contribution in [0, 0.1) is 0 Å². The Kier molecular flexibility index (Phi) is 5.65. The van der Waals surface area contributed by atoms with Crippen LogP contribution in [0.2, 0.25) is 5.02 Å². The molecule has 6 heteroatoms. The molecule has 0 amide bonds. The number of methoxy groups -OCH3 is 1. The Hall–Kier alpha value is -2.76. The summed E-state index contributed by atoms with van der Waals surface area (Å²) in [5.41, 5.74) is 3.02. The summed E-state index contributed by atoms with van der Waals surface area (Å²) in [6.45, 7) is 0. The molecule has 0 saturated heterocycles. The number of nitrogens with zero attached hydrogens (tertiary/aromatic N) is 2. The van der Waals surface area contributed by atoms with Crippen molar-refractivity contribution in [3.8, 4) is 17.2 Å². The molecule has 0 radical (unpaired) electrons. The lowest BCUT2D eigenvalue weighted by Gasteiger charge is -2.15. The minimum absolute atomic E-state index is 0.00411. The van der Waals surface area contributed by atoms with Crippen LogP contribution in [-0.2, 0) is 0 Å². The minimum atomic E-state index is 0.00411. The van der Waals surface area contributed by atoms with Gasteiger partial charge in [0.2, 0.25) is 0 Å². The van der Waals surface area contributed by atoms with Gasteiger partial charge in [0.1, 0.15) is 5.75 Å². The molecule has 1 atom stereocenters. The zero-order valence-electron chi connectivity index (χ0n) is 15.1. The summed E-state index contributed by atoms with van der Waals surface area (Å²) in [6.07, 6.45) is 0. The number of thioether (sulfide) groups is 1. The smallest absolute Gasteiger partial charge is 0.277 e. The Balaban J connectivity index is 1.66. The van der Waals surface area contributed by atoms with Crippen LogP contribution in [0.1, 0.15) is 16.4 Å². The molecule has 4 nitrogen and oxygen atoms in total. The third-order valence-electron chi connectivity index (χ3n) is 4.24. The van der Waals surface area contributed by atoms with E-state index in [1.54, 1.807) is 7.11 Å². The van der Waals surface area contributed by atoms with Crippen LogP contribution in [0.15, 0.2) is 88.5 Å². The van der Waals surface area contributed by atoms with Crippen molar-refractivity contribution < 1.29 is 9.15 Å². The first-order valence-corrected chi connectivity index (χ1v) is 9.94. The normalized spacial score (nSPS) is 11.9. The predicted octanol–water partition coefficient (Wildman–Crippen LogP) is 6.28. The van der Waals surface area contributed by atoms with Gasteiger partial charge >= 0.3 is 0 Å². The average Bonchev–Trinajstić information content (AvgIpc) is 3.22. The lowest BCUT2D eigenvalue weighted by atomic mass is 10.0. The summed E-state index contributed by atoms with van der Waals surface area (Å²) in [7, 11) is 1.62. The first-order chi connectivity index (χ1) is 13.7. The molecule has 1 unspecified atom stereocenters. The van der Waals surface area contributed by atoms with Gasteiger partial charge in [-0.1, -0.05) is 78.0 Å². The number of aromatic nitrogens is 2. The second-order valence-electron chi connectivity index (χ2n) is 6.03. The highest BCUT2D eigenvalue weighted by atomic mass is 35.5. The van der Waals surface area contributed by atoms with Gasteiger partial charge in [0.25, 0.3) is 11.1 Å². The molecule has 0 aliphatic rings. The average molecular weight is 409 g/mol. The van der Waals surface area contributed by atoms with Crippen molar-refractivity contribution in [1.29, 1.82) is 0 Å². The van der Waals surface area contributed by atoms with E-state index in [1.165, 1.54) is 11.8 Å². The summed E-state index contributed by atoms with van der Waals surface area (Å²) in [4.78, 5) is 0. The van der Waals surface area contributed by atoms with E-state index < -0.39 is 0 Å². The van der Waals surface area contributed by atoms with Gasteiger partial charge < -0.3 is 9.15 Å². The summed E-state index contributed by atoms with van der Waals surface area (Å²) in [5, 5.41) is 9.65. The first-order valence-electron chi connectivity index (χ1n) is 8.68. The second-order valence-corrected chi connectivity index (χ2v) is 7.53. The zero-order valence-corrected chi connectivity index (χ0v) is 16.7. The van der Waals surface area contributed by atoms with Gasteiger partial charge in [-0.15, -0.1) is 10.2 Å². The van der Waals surface area contributed by atoms with Crippen LogP contribution < -0.4 is 4.74 Å². The topological polar surface area (TPSA) is 48.2 Å². The van der Waals surface area contributed by atoms with Gasteiger partial charge in [0.05, 0.1) is 17.9 Å². The molecule has 0 spiro atoms. The Morgan fingerprint density at radius 3 is 2.29 bits per heavy atom. The number of rotatable bonds is 6. The fourth-order valence-electron chi connectivity index (χ4n) is 2.88. The van der Waals surface area contributed by atoms with E-state index in [9.17, 15) is 0 Å². The van der Waals surface area contributed by atoms with Crippen molar-refractivity contribution in [3.63, 3.8) is 0 Å². The standard InChI is InChI=1S/C22H17ClN2O2S/c1-26-19-10-6-5-9-18(19)21-24-25-22(27-21)28-20(15-7-3-2-4-8-15)16-11-13-17(23)14-12-16/h2-14,20H,1H3. The van der Waals surface area contributed by atoms with Crippen molar-refractivity contribution in [2.24, 2.45) is 0 Å². The van der Waals surface area contributed by atoms with E-state index in [0.29, 0.717) is 21.9 Å². The van der Waals surface area contributed by atoms with Gasteiger partial charge in [0.15, 0.2) is 0 Å². The molecule has 1 heterocycles. The number of ether oxygens (including phenoxy) is 1. The largest absolute Gasteiger partial charge is 0.496 e. The molecule has 0 aliphatic carbocycles. The van der Waals surface area contributed by atoms with Crippen molar-refractivity contribution >= 4 is 23.4 Å². The van der Waals surface area contributed by atoms with Crippen LogP contribution in [0.25, 0.3) is 11.5 Å². The fraction of sp³-hybridized carbons (Fsp3) is 0.0909. The quantitative estimate of drug-likeness (QED) is 0.351. The van der Waals surface area contributed by atoms with Crippen molar-refractivity contribution in [3.05, 3.63) is 95.0 Å². The minimum Gasteiger partial charge on any atom is -0.496 e. The molecule has 4 aromatic rings. The van der Waals surface area contributed by atoms with E-state index in [4.69, 9.17) is 20.8 Å². The van der Waals surface area contributed by atoms with Crippen LogP contribution >= 0.6 is 23.4 Å². The number of benzene rings is 3. The summed E-state index contributed by atoms with van der Waals surface area (Å²) < 4.78 is 11.3.